The molecule has 0 spiro atoms. The molecule has 0 N–H and O–H groups in total. The monoisotopic (exact) mass is 1240 g/mol. The number of hydrogen-bond acceptors (Lipinski definition) is 16. The highest BCUT2D eigenvalue weighted by Crippen LogP contribution is 2.45. The number of fused-ring (bicyclic) bond motifs is 6. The summed E-state index contributed by atoms with van der Waals surface area (Å²) in [6.07, 6.45) is 0. The fourth-order valence-electron chi connectivity index (χ4n) is 13.1. The number of rotatable bonds is 11. The van der Waals surface area contributed by atoms with Crippen LogP contribution in [0.4, 0.5) is 0 Å². The van der Waals surface area contributed by atoms with E-state index >= 15 is 0 Å². The third kappa shape index (κ3) is 10.6. The Balaban J connectivity index is 1.00. The van der Waals surface area contributed by atoms with E-state index in [1.807, 2.05) is 140 Å². The molecule has 0 radical (unpaired) electrons. The minimum Gasteiger partial charge on any atom is -0.309 e. The smallest absolute Gasteiger partial charge is 0.166 e. The average molecular weight is 1250 g/mol. The molecule has 0 unspecified atom stereocenters. The van der Waals surface area contributed by atoms with E-state index in [0.29, 0.717) is 98.5 Å². The van der Waals surface area contributed by atoms with Gasteiger partial charge in [-0.25, -0.2) is 74.8 Å². The van der Waals surface area contributed by atoms with Crippen LogP contribution in [0.1, 0.15) is 52.2 Å². The normalized spacial score (nSPS) is 11.5. The molecule has 0 aliphatic carbocycles. The zero-order valence-corrected chi connectivity index (χ0v) is 53.5. The quantitative estimate of drug-likeness (QED) is 0.117. The van der Waals surface area contributed by atoms with Crippen molar-refractivity contribution in [3.8, 4) is 119 Å². The van der Waals surface area contributed by atoms with Gasteiger partial charge >= 0.3 is 0 Å². The number of aromatic nitrogens is 17. The first-order chi connectivity index (χ1) is 46.7. The summed E-state index contributed by atoms with van der Waals surface area (Å²) < 4.78 is 4.60. The van der Waals surface area contributed by atoms with Crippen LogP contribution in [-0.4, -0.2) is 83.9 Å². The highest BCUT2D eigenvalue weighted by atomic mass is 15.1. The van der Waals surface area contributed by atoms with Crippen LogP contribution < -0.4 is 0 Å². The van der Waals surface area contributed by atoms with Gasteiger partial charge in [0.25, 0.3) is 0 Å². The Labute approximate surface area is 551 Å². The first-order valence-electron chi connectivity index (χ1n) is 31.4. The molecule has 16 rings (SSSR count). The molecule has 0 amide bonds. The summed E-state index contributed by atoms with van der Waals surface area (Å²) in [5.74, 6) is 8.75. The van der Waals surface area contributed by atoms with E-state index in [1.54, 1.807) is 0 Å². The molecule has 96 heavy (non-hydrogen) atoms. The third-order valence-electron chi connectivity index (χ3n) is 17.1. The molecule has 7 heterocycles. The number of hydrogen-bond donors (Lipinski definition) is 0. The van der Waals surface area contributed by atoms with Gasteiger partial charge < -0.3 is 9.13 Å². The highest BCUT2D eigenvalue weighted by Gasteiger charge is 2.26. The second kappa shape index (κ2) is 23.4. The Kier molecular flexibility index (Phi) is 14.2. The topological polar surface area (TPSA) is 227 Å². The Morgan fingerprint density at radius 1 is 0.240 bits per heavy atom. The maximum Gasteiger partial charge on any atom is 0.166 e. The second-order valence-corrected chi connectivity index (χ2v) is 23.8. The van der Waals surface area contributed by atoms with Crippen molar-refractivity contribution in [2.45, 2.75) is 55.4 Å². The van der Waals surface area contributed by atoms with Crippen LogP contribution in [-0.2, 0) is 0 Å². The largest absolute Gasteiger partial charge is 0.309 e. The lowest BCUT2D eigenvalue weighted by Gasteiger charge is -2.19. The fraction of sp³-hybridized carbons (Fsp3) is 0.103. The lowest BCUT2D eigenvalue weighted by atomic mass is 9.93. The van der Waals surface area contributed by atoms with Gasteiger partial charge in [0.15, 0.2) is 40.8 Å². The average Bonchev–Trinajstić information content (AvgIpc) is 1.63. The Bertz CT molecular complexity index is 5560. The van der Waals surface area contributed by atoms with Gasteiger partial charge in [-0.05, 0) is 175 Å². The Morgan fingerprint density at radius 3 is 0.896 bits per heavy atom. The fourth-order valence-corrected chi connectivity index (χ4v) is 13.1. The van der Waals surface area contributed by atoms with Crippen LogP contribution in [0.25, 0.3) is 157 Å². The minimum absolute atomic E-state index is 0.437. The van der Waals surface area contributed by atoms with Gasteiger partial charge in [-0.3, -0.25) is 0 Å². The summed E-state index contributed by atoms with van der Waals surface area (Å²) in [4.78, 5) is 72.8. The zero-order chi connectivity index (χ0) is 65.5. The first kappa shape index (κ1) is 58.2. The molecule has 16 aromatic rings. The number of benzene rings is 9. The SMILES string of the molecule is Cc1nc(C)nc(-c2ccc3c(c2)c2cc(-c4nc(C)nc(C)n4)ccc2n3-c2ccc(-c3ccccc3C#N)cc2-c2ccc(-n3c4ccc(-c5nc(C)nc(C)n5)cc4c4cc(-c5nc(C)nc(C)n5)ccc43)c(-c3nc(-c4ccccc4)nc(-c4ccccc4)n3)c2)n1. The summed E-state index contributed by atoms with van der Waals surface area (Å²) in [5, 5.41) is 14.5. The second-order valence-electron chi connectivity index (χ2n) is 23.8. The summed E-state index contributed by atoms with van der Waals surface area (Å²) in [6, 6.07) is 68.6. The lowest BCUT2D eigenvalue weighted by Crippen LogP contribution is -2.05. The molecule has 0 bridgehead atoms. The molecular formula is C78H56N18. The summed E-state index contributed by atoms with van der Waals surface area (Å²) in [6.45, 7) is 15.1. The zero-order valence-electron chi connectivity index (χ0n) is 53.5. The molecular weight excluding hydrogens is 1190 g/mol. The number of nitrogens with zero attached hydrogens (tertiary/aromatic N) is 18. The van der Waals surface area contributed by atoms with E-state index in [1.165, 1.54) is 0 Å². The highest BCUT2D eigenvalue weighted by molar-refractivity contribution is 6.13. The maximum atomic E-state index is 10.7. The van der Waals surface area contributed by atoms with Gasteiger partial charge in [-0.2, -0.15) is 5.26 Å². The minimum atomic E-state index is 0.437. The number of aryl methyl sites for hydroxylation is 8. The van der Waals surface area contributed by atoms with Crippen molar-refractivity contribution in [3.05, 3.63) is 246 Å². The first-order valence-corrected chi connectivity index (χ1v) is 31.4. The van der Waals surface area contributed by atoms with Crippen LogP contribution in [0.15, 0.2) is 194 Å². The standard InChI is InChI=1S/C78H56N18/c1-42-80-43(2)85-74(84-42)54-25-31-67-61(37-54)62-38-55(75-86-44(3)81-45(4)87-75)26-32-68(62)95(67)66-29-23-52(59-22-16-15-21-58(59)41-79)35-60(66)53-24-30-71(65(36-53)78-93-72(50-17-11-9-12-18-50)92-73(94-78)51-19-13-10-14-20-51)96-69-33-27-56(76-88-46(5)82-47(6)89-76)39-63(69)64-40-57(28-34-70(64)96)77-90-48(7)83-49(8)91-77/h9-40H,1-8H3. The van der Waals surface area contributed by atoms with E-state index in [9.17, 15) is 5.26 Å². The van der Waals surface area contributed by atoms with E-state index in [4.69, 9.17) is 54.8 Å². The van der Waals surface area contributed by atoms with Gasteiger partial charge in [-0.1, -0.05) is 91.0 Å². The van der Waals surface area contributed by atoms with Crippen molar-refractivity contribution in [2.24, 2.45) is 0 Å². The molecule has 0 fully saturated rings. The molecule has 18 nitrogen and oxygen atoms in total. The summed E-state index contributed by atoms with van der Waals surface area (Å²) >= 11 is 0. The molecule has 0 aliphatic heterocycles. The van der Waals surface area contributed by atoms with Gasteiger partial charge in [0.2, 0.25) is 0 Å². The van der Waals surface area contributed by atoms with E-state index in [2.05, 4.69) is 144 Å². The van der Waals surface area contributed by atoms with Crippen molar-refractivity contribution in [1.29, 1.82) is 5.26 Å². The molecule has 7 aromatic heterocycles. The van der Waals surface area contributed by atoms with Crippen molar-refractivity contribution in [1.82, 2.24) is 83.9 Å². The maximum absolute atomic E-state index is 10.7. The summed E-state index contributed by atoms with van der Waals surface area (Å²) in [5.41, 5.74) is 14.9. The van der Waals surface area contributed by atoms with E-state index in [0.717, 1.165) is 111 Å². The molecule has 0 saturated heterocycles. The van der Waals surface area contributed by atoms with Crippen LogP contribution >= 0.6 is 0 Å². The molecule has 458 valence electrons. The predicted molar refractivity (Wildman–Crippen MR) is 374 cm³/mol. The third-order valence-corrected chi connectivity index (χ3v) is 17.1. The van der Waals surface area contributed by atoms with Gasteiger partial charge in [0.1, 0.15) is 46.6 Å². The van der Waals surface area contributed by atoms with Gasteiger partial charge in [-0.15, -0.1) is 0 Å². The van der Waals surface area contributed by atoms with E-state index in [-0.39, 0.29) is 0 Å². The lowest BCUT2D eigenvalue weighted by molar-refractivity contribution is 0.928. The Morgan fingerprint density at radius 2 is 0.531 bits per heavy atom. The molecule has 0 aliphatic rings. The molecule has 18 heteroatoms. The Hall–Kier alpha value is -12.9. The van der Waals surface area contributed by atoms with Crippen LogP contribution in [0.5, 0.6) is 0 Å². The molecule has 0 saturated carbocycles. The predicted octanol–water partition coefficient (Wildman–Crippen LogP) is 16.1. The van der Waals surface area contributed by atoms with Crippen LogP contribution in [0, 0.1) is 66.7 Å². The van der Waals surface area contributed by atoms with Gasteiger partial charge in [0, 0.05) is 66.1 Å². The molecule has 9 aromatic carbocycles. The molecule has 0 atom stereocenters. The van der Waals surface area contributed by atoms with Crippen molar-refractivity contribution < 1.29 is 0 Å². The summed E-state index contributed by atoms with van der Waals surface area (Å²) in [7, 11) is 0. The van der Waals surface area contributed by atoms with Gasteiger partial charge in [0.05, 0.1) is 45.1 Å². The van der Waals surface area contributed by atoms with Crippen LogP contribution in [0.2, 0.25) is 0 Å². The van der Waals surface area contributed by atoms with Crippen LogP contribution in [0.3, 0.4) is 0 Å². The van der Waals surface area contributed by atoms with Crippen molar-refractivity contribution >= 4 is 43.6 Å². The van der Waals surface area contributed by atoms with E-state index < -0.39 is 0 Å². The van der Waals surface area contributed by atoms with Crippen molar-refractivity contribution in [3.63, 3.8) is 0 Å². The number of nitriles is 1. The van der Waals surface area contributed by atoms with Crippen molar-refractivity contribution in [2.75, 3.05) is 0 Å².